The first-order valence-electron chi connectivity index (χ1n) is 1.20. The molecule has 0 aromatic heterocycles. The van der Waals surface area contributed by atoms with Crippen molar-refractivity contribution < 1.29 is 13.9 Å². The van der Waals surface area contributed by atoms with Gasteiger partial charge < -0.3 is 5.11 Å². The third-order valence-electron chi connectivity index (χ3n) is 0.174. The number of hydrogen-bond donors (Lipinski definition) is 1. The van der Waals surface area contributed by atoms with E-state index in [1.165, 1.54) is 5.92 Å². The summed E-state index contributed by atoms with van der Waals surface area (Å²) in [7, 11) is 0. The number of aliphatic hydroxyl groups is 1. The summed E-state index contributed by atoms with van der Waals surface area (Å²) in [5.41, 5.74) is 0. The molecule has 6 heavy (non-hydrogen) atoms. The Hall–Kier alpha value is -0.780. The molecule has 0 spiro atoms. The summed E-state index contributed by atoms with van der Waals surface area (Å²) < 4.78 is 21.4. The molecule has 0 unspecified atom stereocenters. The third-order valence-corrected chi connectivity index (χ3v) is 0.174. The van der Waals surface area contributed by atoms with Gasteiger partial charge in [0.2, 0.25) is 0 Å². The van der Waals surface area contributed by atoms with Crippen molar-refractivity contribution in [3.8, 4) is 12.0 Å². The maximum absolute atomic E-state index is 10.7. The van der Waals surface area contributed by atoms with Crippen LogP contribution in [0.4, 0.5) is 8.78 Å². The molecule has 1 N–H and O–H groups in total. The summed E-state index contributed by atoms with van der Waals surface area (Å²) >= 11 is 0. The lowest BCUT2D eigenvalue weighted by atomic mass is 10.7. The van der Waals surface area contributed by atoms with Gasteiger partial charge in [0, 0.05) is 5.92 Å². The Balaban J connectivity index is 3.20. The molecular formula is C3H2F2O. The summed E-state index contributed by atoms with van der Waals surface area (Å²) in [6.45, 7) is 0. The fourth-order valence-corrected chi connectivity index (χ4v) is 0.0488. The van der Waals surface area contributed by atoms with Crippen LogP contribution in [0.25, 0.3) is 0 Å². The number of hydrogen-bond acceptors (Lipinski definition) is 1. The highest BCUT2D eigenvalue weighted by atomic mass is 19.3. The molecule has 0 saturated carbocycles. The van der Waals surface area contributed by atoms with Crippen LogP contribution in [-0.4, -0.2) is 11.5 Å². The zero-order chi connectivity index (χ0) is 4.99. The number of halogens is 2. The van der Waals surface area contributed by atoms with Crippen LogP contribution in [0.15, 0.2) is 0 Å². The van der Waals surface area contributed by atoms with Gasteiger partial charge in [-0.05, 0) is 0 Å². The van der Waals surface area contributed by atoms with E-state index in [4.69, 9.17) is 5.11 Å². The van der Waals surface area contributed by atoms with Crippen LogP contribution in [0.5, 0.6) is 0 Å². The van der Waals surface area contributed by atoms with Crippen LogP contribution >= 0.6 is 0 Å². The van der Waals surface area contributed by atoms with E-state index in [0.29, 0.717) is 0 Å². The highest BCUT2D eigenvalue weighted by Crippen LogP contribution is 1.84. The van der Waals surface area contributed by atoms with E-state index in [0.717, 1.165) is 6.11 Å². The van der Waals surface area contributed by atoms with Gasteiger partial charge in [-0.25, -0.2) is 0 Å². The summed E-state index contributed by atoms with van der Waals surface area (Å²) in [4.78, 5) is 0. The number of alkyl halides is 2. The van der Waals surface area contributed by atoms with Crippen molar-refractivity contribution in [2.24, 2.45) is 0 Å². The van der Waals surface area contributed by atoms with Crippen LogP contribution in [0.3, 0.4) is 0 Å². The monoisotopic (exact) mass is 92.0 g/mol. The summed E-state index contributed by atoms with van der Waals surface area (Å²) in [5.74, 6) is 1.18. The SMILES string of the molecule is OC#CC(F)F. The highest BCUT2D eigenvalue weighted by molar-refractivity contribution is 4.92. The van der Waals surface area contributed by atoms with Crippen LogP contribution < -0.4 is 0 Å². The van der Waals surface area contributed by atoms with E-state index in [2.05, 4.69) is 0 Å². The van der Waals surface area contributed by atoms with Crippen LogP contribution in [0, 0.1) is 12.0 Å². The zero-order valence-electron chi connectivity index (χ0n) is 2.78. The quantitative estimate of drug-likeness (QED) is 0.433. The van der Waals surface area contributed by atoms with Crippen molar-refractivity contribution in [3.05, 3.63) is 0 Å². The molecule has 0 amide bonds. The highest BCUT2D eigenvalue weighted by Gasteiger charge is 1.88. The molecule has 0 fully saturated rings. The Kier molecular flexibility index (Phi) is 2.14. The van der Waals surface area contributed by atoms with Gasteiger partial charge in [0.15, 0.2) is 0 Å². The maximum atomic E-state index is 10.7. The van der Waals surface area contributed by atoms with Gasteiger partial charge in [0.1, 0.15) is 6.11 Å². The van der Waals surface area contributed by atoms with E-state index < -0.39 is 6.43 Å². The molecule has 0 rings (SSSR count). The lowest BCUT2D eigenvalue weighted by Gasteiger charge is -1.72. The van der Waals surface area contributed by atoms with Crippen molar-refractivity contribution in [3.63, 3.8) is 0 Å². The van der Waals surface area contributed by atoms with E-state index in [1.807, 2.05) is 0 Å². The normalized spacial score (nSPS) is 7.17. The van der Waals surface area contributed by atoms with Crippen LogP contribution in [0.2, 0.25) is 0 Å². The largest absolute Gasteiger partial charge is 0.462 e. The molecular weight excluding hydrogens is 90.0 g/mol. The lowest BCUT2D eigenvalue weighted by molar-refractivity contribution is 0.214. The van der Waals surface area contributed by atoms with Crippen LogP contribution in [0.1, 0.15) is 0 Å². The molecule has 0 aliphatic heterocycles. The molecule has 0 saturated heterocycles. The summed E-state index contributed by atoms with van der Waals surface area (Å²) in [5, 5.41) is 7.40. The topological polar surface area (TPSA) is 20.2 Å². The second kappa shape index (κ2) is 2.46. The summed E-state index contributed by atoms with van der Waals surface area (Å²) in [6.07, 6.45) is -1.65. The predicted octanol–water partition coefficient (Wildman–Crippen LogP) is 0.585. The number of aliphatic hydroxyl groups excluding tert-OH is 1. The minimum atomic E-state index is -2.71. The number of rotatable bonds is 0. The molecule has 0 atom stereocenters. The zero-order valence-corrected chi connectivity index (χ0v) is 2.78. The molecule has 0 aromatic carbocycles. The predicted molar refractivity (Wildman–Crippen MR) is 15.7 cm³/mol. The average Bonchev–Trinajstić information content (AvgIpc) is 1.35. The van der Waals surface area contributed by atoms with Gasteiger partial charge in [-0.3, -0.25) is 0 Å². The van der Waals surface area contributed by atoms with E-state index in [1.54, 1.807) is 0 Å². The van der Waals surface area contributed by atoms with Gasteiger partial charge in [0.25, 0.3) is 0 Å². The van der Waals surface area contributed by atoms with Crippen molar-refractivity contribution >= 4 is 0 Å². The van der Waals surface area contributed by atoms with Gasteiger partial charge in [-0.1, -0.05) is 0 Å². The Morgan fingerprint density at radius 1 is 1.50 bits per heavy atom. The van der Waals surface area contributed by atoms with Gasteiger partial charge in [0.05, 0.1) is 0 Å². The molecule has 0 heterocycles. The van der Waals surface area contributed by atoms with E-state index in [-0.39, 0.29) is 0 Å². The van der Waals surface area contributed by atoms with Crippen molar-refractivity contribution in [2.45, 2.75) is 6.43 Å². The molecule has 0 bridgehead atoms. The van der Waals surface area contributed by atoms with Crippen molar-refractivity contribution in [1.29, 1.82) is 0 Å². The minimum Gasteiger partial charge on any atom is -0.462 e. The fraction of sp³-hybridized carbons (Fsp3) is 0.333. The smallest absolute Gasteiger partial charge is 0.302 e. The second-order valence-electron chi connectivity index (χ2n) is 0.557. The van der Waals surface area contributed by atoms with Gasteiger partial charge in [-0.2, -0.15) is 8.78 Å². The lowest BCUT2D eigenvalue weighted by Crippen LogP contribution is -1.78. The fourth-order valence-electron chi connectivity index (χ4n) is 0.0488. The third kappa shape index (κ3) is 3.22. The molecule has 34 valence electrons. The molecule has 0 radical (unpaired) electrons. The Morgan fingerprint density at radius 2 is 2.00 bits per heavy atom. The minimum absolute atomic E-state index is 1.07. The van der Waals surface area contributed by atoms with Crippen molar-refractivity contribution in [1.82, 2.24) is 0 Å². The van der Waals surface area contributed by atoms with Gasteiger partial charge in [-0.15, -0.1) is 0 Å². The van der Waals surface area contributed by atoms with Crippen LogP contribution in [-0.2, 0) is 0 Å². The first kappa shape index (κ1) is 5.22. The van der Waals surface area contributed by atoms with Gasteiger partial charge >= 0.3 is 6.43 Å². The molecule has 0 aliphatic rings. The Labute approximate surface area is 33.6 Å². The van der Waals surface area contributed by atoms with Crippen molar-refractivity contribution in [2.75, 3.05) is 0 Å². The molecule has 0 aromatic rings. The molecule has 3 heteroatoms. The first-order valence-corrected chi connectivity index (χ1v) is 1.20. The Bertz CT molecular complexity index is 78.5. The Morgan fingerprint density at radius 3 is 2.00 bits per heavy atom. The second-order valence-corrected chi connectivity index (χ2v) is 0.557. The first-order chi connectivity index (χ1) is 2.77. The van der Waals surface area contributed by atoms with E-state index >= 15 is 0 Å². The summed E-state index contributed by atoms with van der Waals surface area (Å²) in [6, 6.07) is 0. The molecule has 1 nitrogen and oxygen atoms in total. The average molecular weight is 92.0 g/mol. The standard InChI is InChI=1S/C3H2F2O/c4-3(5)1-2-6/h3,6H. The maximum Gasteiger partial charge on any atom is 0.302 e. The molecule has 0 aliphatic carbocycles. The van der Waals surface area contributed by atoms with E-state index in [9.17, 15) is 8.78 Å².